The second-order valence-corrected chi connectivity index (χ2v) is 10.4. The monoisotopic (exact) mass is 439 g/mol. The molecule has 8 heteroatoms. The molecule has 164 valence electrons. The number of rotatable bonds is 5. The molecular formula is C23H29N5O2S. The van der Waals surface area contributed by atoms with Crippen LogP contribution in [0.15, 0.2) is 24.5 Å². The molecule has 7 nitrogen and oxygen atoms in total. The molecule has 1 aromatic carbocycles. The summed E-state index contributed by atoms with van der Waals surface area (Å²) in [5, 5.41) is 14.9. The Kier molecular flexibility index (Phi) is 5.11. The molecule has 4 heterocycles. The van der Waals surface area contributed by atoms with Crippen LogP contribution in [0, 0.1) is 0 Å². The van der Waals surface area contributed by atoms with Gasteiger partial charge >= 0.3 is 0 Å². The Morgan fingerprint density at radius 3 is 2.84 bits per heavy atom. The van der Waals surface area contributed by atoms with Gasteiger partial charge in [-0.2, -0.15) is 5.10 Å². The van der Waals surface area contributed by atoms with Crippen molar-refractivity contribution in [3.63, 3.8) is 0 Å². The maximum Gasteiger partial charge on any atom is 0.187 e. The number of benzene rings is 1. The Labute approximate surface area is 186 Å². The third kappa shape index (κ3) is 3.56. The van der Waals surface area contributed by atoms with E-state index in [-0.39, 0.29) is 18.2 Å². The third-order valence-electron chi connectivity index (χ3n) is 6.39. The van der Waals surface area contributed by atoms with Gasteiger partial charge in [-0.25, -0.2) is 14.6 Å². The van der Waals surface area contributed by atoms with Crippen molar-refractivity contribution in [2.75, 3.05) is 26.3 Å². The molecule has 2 aliphatic heterocycles. The molecule has 31 heavy (non-hydrogen) atoms. The number of aliphatic hydroxyl groups excluding tert-OH is 1. The summed E-state index contributed by atoms with van der Waals surface area (Å²) in [6.45, 7) is 11.1. The summed E-state index contributed by atoms with van der Waals surface area (Å²) in [7, 11) is 0. The van der Waals surface area contributed by atoms with E-state index in [1.54, 1.807) is 17.7 Å². The number of ether oxygens (including phenoxy) is 1. The molecule has 3 aromatic rings. The number of hydrogen-bond acceptors (Lipinski definition) is 7. The van der Waals surface area contributed by atoms with E-state index in [2.05, 4.69) is 60.9 Å². The first-order valence-electron chi connectivity index (χ1n) is 10.9. The summed E-state index contributed by atoms with van der Waals surface area (Å²) in [6, 6.07) is 6.79. The Hall–Kier alpha value is -2.29. The predicted octanol–water partition coefficient (Wildman–Crippen LogP) is 3.75. The summed E-state index contributed by atoms with van der Waals surface area (Å²) in [5.74, 6) is 2.21. The zero-order valence-corrected chi connectivity index (χ0v) is 19.3. The molecule has 1 saturated heterocycles. The zero-order valence-electron chi connectivity index (χ0n) is 18.5. The molecule has 0 amide bonds. The van der Waals surface area contributed by atoms with Crippen LogP contribution in [0.4, 0.5) is 0 Å². The van der Waals surface area contributed by atoms with Crippen LogP contribution < -0.4 is 4.74 Å². The number of aliphatic hydroxyl groups is 1. The maximum atomic E-state index is 9.61. The molecule has 2 aromatic heterocycles. The van der Waals surface area contributed by atoms with E-state index >= 15 is 0 Å². The van der Waals surface area contributed by atoms with Gasteiger partial charge in [0.25, 0.3) is 0 Å². The van der Waals surface area contributed by atoms with Gasteiger partial charge in [-0.3, -0.25) is 4.90 Å². The van der Waals surface area contributed by atoms with Crippen molar-refractivity contribution in [2.45, 2.75) is 51.6 Å². The summed E-state index contributed by atoms with van der Waals surface area (Å²) < 4.78 is 8.06. The van der Waals surface area contributed by atoms with Crippen molar-refractivity contribution in [1.29, 1.82) is 0 Å². The van der Waals surface area contributed by atoms with Gasteiger partial charge in [0.1, 0.15) is 12.1 Å². The molecule has 0 bridgehead atoms. The lowest BCUT2D eigenvalue weighted by atomic mass is 9.86. The van der Waals surface area contributed by atoms with Crippen molar-refractivity contribution >= 4 is 11.3 Å². The topological polar surface area (TPSA) is 76.3 Å². The zero-order chi connectivity index (χ0) is 21.8. The Morgan fingerprint density at radius 2 is 2.10 bits per heavy atom. The van der Waals surface area contributed by atoms with E-state index < -0.39 is 0 Å². The van der Waals surface area contributed by atoms with Gasteiger partial charge < -0.3 is 9.84 Å². The van der Waals surface area contributed by atoms with E-state index in [9.17, 15) is 5.11 Å². The van der Waals surface area contributed by atoms with Gasteiger partial charge in [-0.1, -0.05) is 6.07 Å². The van der Waals surface area contributed by atoms with Crippen LogP contribution in [0.3, 0.4) is 0 Å². The minimum Gasteiger partial charge on any atom is -0.492 e. The Morgan fingerprint density at radius 1 is 1.29 bits per heavy atom. The highest BCUT2D eigenvalue weighted by molar-refractivity contribution is 7.15. The van der Waals surface area contributed by atoms with E-state index in [1.165, 1.54) is 10.4 Å². The van der Waals surface area contributed by atoms with E-state index in [0.29, 0.717) is 12.5 Å². The molecule has 0 aliphatic carbocycles. The largest absolute Gasteiger partial charge is 0.492 e. The Balaban J connectivity index is 1.44. The lowest BCUT2D eigenvalue weighted by Gasteiger charge is -2.48. The molecule has 0 radical (unpaired) electrons. The minimum absolute atomic E-state index is 0.166. The minimum atomic E-state index is -0.166. The van der Waals surface area contributed by atoms with E-state index in [0.717, 1.165) is 47.3 Å². The van der Waals surface area contributed by atoms with Crippen LogP contribution in [0.1, 0.15) is 50.1 Å². The second-order valence-electron chi connectivity index (χ2n) is 9.34. The van der Waals surface area contributed by atoms with Crippen LogP contribution in [-0.2, 0) is 6.42 Å². The van der Waals surface area contributed by atoms with Gasteiger partial charge in [0.05, 0.1) is 18.9 Å². The molecule has 0 saturated carbocycles. The van der Waals surface area contributed by atoms with Gasteiger partial charge in [0, 0.05) is 47.4 Å². The van der Waals surface area contributed by atoms with Crippen molar-refractivity contribution in [3.8, 4) is 27.8 Å². The molecule has 0 spiro atoms. The molecule has 1 N–H and O–H groups in total. The first kappa shape index (κ1) is 20.6. The fourth-order valence-corrected chi connectivity index (χ4v) is 5.30. The number of aromatic nitrogens is 4. The van der Waals surface area contributed by atoms with Crippen molar-refractivity contribution in [2.24, 2.45) is 0 Å². The lowest BCUT2D eigenvalue weighted by Crippen LogP contribution is -2.57. The average molecular weight is 440 g/mol. The molecular weight excluding hydrogens is 410 g/mol. The smallest absolute Gasteiger partial charge is 0.187 e. The highest BCUT2D eigenvalue weighted by Gasteiger charge is 2.38. The molecule has 0 atom stereocenters. The standard InChI is InChI=1S/C23H29N5O2S/c1-14(2)28-21(24-13-25-28)22-26-20-17-6-5-15(9-18(17)30-8-7-19(20)31-22)16-10-27(11-16)23(3,4)12-29/h5-6,9,13-14,16,29H,7-8,10-12H2,1-4H3. The second kappa shape index (κ2) is 7.69. The third-order valence-corrected chi connectivity index (χ3v) is 7.51. The highest BCUT2D eigenvalue weighted by Crippen LogP contribution is 2.42. The maximum absolute atomic E-state index is 9.61. The average Bonchev–Trinajstić information content (AvgIpc) is 3.31. The van der Waals surface area contributed by atoms with E-state index in [1.807, 2.05) is 4.68 Å². The van der Waals surface area contributed by atoms with Gasteiger partial charge in [-0.15, -0.1) is 11.3 Å². The summed E-state index contributed by atoms with van der Waals surface area (Å²) in [5.41, 5.74) is 3.19. The SMILES string of the molecule is CC(C)n1ncnc1-c1nc2c(s1)CCOc1cc(C3CN(C(C)(C)CO)C3)ccc1-2. The lowest BCUT2D eigenvalue weighted by molar-refractivity contribution is -0.00253. The predicted molar refractivity (Wildman–Crippen MR) is 122 cm³/mol. The quantitative estimate of drug-likeness (QED) is 0.652. The molecule has 5 rings (SSSR count). The number of likely N-dealkylation sites (tertiary alicyclic amines) is 1. The summed E-state index contributed by atoms with van der Waals surface area (Å²) in [4.78, 5) is 13.0. The van der Waals surface area contributed by atoms with Gasteiger partial charge in [0.2, 0.25) is 0 Å². The fraction of sp³-hybridized carbons (Fsp3) is 0.522. The molecule has 1 fully saturated rings. The number of nitrogens with zero attached hydrogens (tertiary/aromatic N) is 5. The van der Waals surface area contributed by atoms with E-state index in [4.69, 9.17) is 9.72 Å². The normalized spacial score (nSPS) is 17.1. The summed E-state index contributed by atoms with van der Waals surface area (Å²) >= 11 is 1.69. The first-order valence-corrected chi connectivity index (χ1v) is 11.7. The van der Waals surface area contributed by atoms with Crippen LogP contribution in [0.5, 0.6) is 5.75 Å². The molecule has 0 unspecified atom stereocenters. The fourth-order valence-electron chi connectivity index (χ4n) is 4.25. The van der Waals surface area contributed by atoms with Crippen LogP contribution >= 0.6 is 11.3 Å². The highest BCUT2D eigenvalue weighted by atomic mass is 32.1. The Bertz CT molecular complexity index is 1100. The first-order chi connectivity index (χ1) is 14.9. The van der Waals surface area contributed by atoms with Crippen LogP contribution in [-0.4, -0.2) is 61.6 Å². The number of hydrogen-bond donors (Lipinski definition) is 1. The number of thiazole rings is 1. The van der Waals surface area contributed by atoms with Crippen LogP contribution in [0.25, 0.3) is 22.1 Å². The van der Waals surface area contributed by atoms with Crippen LogP contribution in [0.2, 0.25) is 0 Å². The van der Waals surface area contributed by atoms with Gasteiger partial charge in [0.15, 0.2) is 10.8 Å². The molecule has 2 aliphatic rings. The number of fused-ring (bicyclic) bond motifs is 3. The van der Waals surface area contributed by atoms with Crippen molar-refractivity contribution in [3.05, 3.63) is 35.0 Å². The van der Waals surface area contributed by atoms with Gasteiger partial charge in [-0.05, 0) is 45.4 Å². The van der Waals surface area contributed by atoms with Crippen molar-refractivity contribution < 1.29 is 9.84 Å². The van der Waals surface area contributed by atoms with Crippen molar-refractivity contribution in [1.82, 2.24) is 24.6 Å². The summed E-state index contributed by atoms with van der Waals surface area (Å²) in [6.07, 6.45) is 2.44.